The summed E-state index contributed by atoms with van der Waals surface area (Å²) in [7, 11) is 2.22. The predicted octanol–water partition coefficient (Wildman–Crippen LogP) is 3.23. The molecule has 1 rings (SSSR count). The van der Waals surface area contributed by atoms with Gasteiger partial charge in [0, 0.05) is 32.8 Å². The third-order valence-electron chi connectivity index (χ3n) is 4.62. The Morgan fingerprint density at radius 2 is 1.62 bits per heavy atom. The lowest BCUT2D eigenvalue weighted by atomic mass is 9.81. The summed E-state index contributed by atoms with van der Waals surface area (Å²) in [6, 6.07) is 0. The van der Waals surface area contributed by atoms with Crippen LogP contribution in [0, 0.1) is 11.3 Å². The highest BCUT2D eigenvalue weighted by Gasteiger charge is 2.18. The molecule has 1 N–H and O–H groups in total. The molecule has 3 nitrogen and oxygen atoms in total. The second-order valence-electron chi connectivity index (χ2n) is 8.14. The maximum absolute atomic E-state index is 9.22. The first-order chi connectivity index (χ1) is 9.90. The zero-order chi connectivity index (χ0) is 15.7. The van der Waals surface area contributed by atoms with Crippen LogP contribution in [0.5, 0.6) is 0 Å². The van der Waals surface area contributed by atoms with Crippen molar-refractivity contribution in [2.45, 2.75) is 59.3 Å². The summed E-state index contributed by atoms with van der Waals surface area (Å²) in [6.07, 6.45) is 7.53. The second kappa shape index (κ2) is 9.81. The smallest absolute Gasteiger partial charge is 0.0433 e. The second-order valence-corrected chi connectivity index (χ2v) is 8.14. The van der Waals surface area contributed by atoms with E-state index in [0.717, 1.165) is 6.42 Å². The Labute approximate surface area is 132 Å². The molecule has 1 heterocycles. The first kappa shape index (κ1) is 18.9. The van der Waals surface area contributed by atoms with Gasteiger partial charge < -0.3 is 14.9 Å². The van der Waals surface area contributed by atoms with E-state index < -0.39 is 0 Å². The minimum Gasteiger partial charge on any atom is -0.396 e. The Kier molecular flexibility index (Phi) is 8.84. The van der Waals surface area contributed by atoms with Gasteiger partial charge in [-0.25, -0.2) is 0 Å². The minimum absolute atomic E-state index is 0.349. The van der Waals surface area contributed by atoms with Crippen molar-refractivity contribution in [3.8, 4) is 0 Å². The molecule has 1 aliphatic heterocycles. The van der Waals surface area contributed by atoms with Crippen LogP contribution in [-0.4, -0.2) is 61.3 Å². The largest absolute Gasteiger partial charge is 0.396 e. The minimum atomic E-state index is 0.349. The summed E-state index contributed by atoms with van der Waals surface area (Å²) in [5, 5.41) is 9.22. The van der Waals surface area contributed by atoms with Crippen molar-refractivity contribution in [1.82, 2.24) is 9.80 Å². The van der Waals surface area contributed by atoms with Gasteiger partial charge in [-0.2, -0.15) is 0 Å². The third kappa shape index (κ3) is 9.49. The molecular weight excluding hydrogens is 260 g/mol. The van der Waals surface area contributed by atoms with E-state index in [-0.39, 0.29) is 0 Å². The Balaban J connectivity index is 2.08. The van der Waals surface area contributed by atoms with Crippen molar-refractivity contribution in [3.05, 3.63) is 0 Å². The van der Waals surface area contributed by atoms with Crippen LogP contribution >= 0.6 is 0 Å². The number of hydrogen-bond acceptors (Lipinski definition) is 3. The first-order valence-corrected chi connectivity index (χ1v) is 8.92. The number of aliphatic hydroxyl groups is 1. The molecule has 0 bridgehead atoms. The Morgan fingerprint density at radius 1 is 0.952 bits per heavy atom. The number of aliphatic hydroxyl groups excluding tert-OH is 1. The van der Waals surface area contributed by atoms with Crippen molar-refractivity contribution in [1.29, 1.82) is 0 Å². The van der Waals surface area contributed by atoms with E-state index in [4.69, 9.17) is 0 Å². The molecule has 0 aliphatic carbocycles. The van der Waals surface area contributed by atoms with Gasteiger partial charge in [0.2, 0.25) is 0 Å². The third-order valence-corrected chi connectivity index (χ3v) is 4.62. The number of likely N-dealkylation sites (N-methyl/N-ethyl adjacent to an activating group) is 1. The van der Waals surface area contributed by atoms with Crippen LogP contribution < -0.4 is 0 Å². The van der Waals surface area contributed by atoms with E-state index >= 15 is 0 Å². The highest BCUT2D eigenvalue weighted by atomic mass is 16.3. The molecule has 1 saturated heterocycles. The van der Waals surface area contributed by atoms with Crippen LogP contribution in [0.15, 0.2) is 0 Å². The summed E-state index contributed by atoms with van der Waals surface area (Å²) in [5.74, 6) is 0.707. The van der Waals surface area contributed by atoms with Gasteiger partial charge in [-0.05, 0) is 44.2 Å². The summed E-state index contributed by atoms with van der Waals surface area (Å²) in [6.45, 7) is 13.5. The van der Waals surface area contributed by atoms with Crippen LogP contribution in [0.25, 0.3) is 0 Å². The number of rotatable bonds is 9. The van der Waals surface area contributed by atoms with Gasteiger partial charge in [0.1, 0.15) is 0 Å². The average Bonchev–Trinajstić information content (AvgIpc) is 2.39. The molecule has 126 valence electrons. The molecule has 0 spiro atoms. The van der Waals surface area contributed by atoms with Crippen LogP contribution in [-0.2, 0) is 0 Å². The highest BCUT2D eigenvalue weighted by molar-refractivity contribution is 4.71. The van der Waals surface area contributed by atoms with Crippen LogP contribution in [0.3, 0.4) is 0 Å². The normalized spacial score (nSPS) is 19.9. The molecule has 0 amide bonds. The van der Waals surface area contributed by atoms with Crippen LogP contribution in [0.2, 0.25) is 0 Å². The van der Waals surface area contributed by atoms with Crippen molar-refractivity contribution < 1.29 is 5.11 Å². The van der Waals surface area contributed by atoms with Gasteiger partial charge in [0.25, 0.3) is 0 Å². The lowest BCUT2D eigenvalue weighted by molar-refractivity contribution is 0.151. The Hall–Kier alpha value is -0.120. The monoisotopic (exact) mass is 298 g/mol. The lowest BCUT2D eigenvalue weighted by Crippen LogP contribution is -2.44. The quantitative estimate of drug-likeness (QED) is 0.662. The predicted molar refractivity (Wildman–Crippen MR) is 91.7 cm³/mol. The molecule has 1 fully saturated rings. The van der Waals surface area contributed by atoms with Gasteiger partial charge in [-0.15, -0.1) is 0 Å². The van der Waals surface area contributed by atoms with Gasteiger partial charge in [0.15, 0.2) is 0 Å². The highest BCUT2D eigenvalue weighted by Crippen LogP contribution is 2.29. The first-order valence-electron chi connectivity index (χ1n) is 8.92. The van der Waals surface area contributed by atoms with Crippen molar-refractivity contribution in [2.75, 3.05) is 46.4 Å². The maximum atomic E-state index is 9.22. The van der Waals surface area contributed by atoms with Gasteiger partial charge in [-0.1, -0.05) is 40.0 Å². The fourth-order valence-electron chi connectivity index (χ4n) is 3.41. The maximum Gasteiger partial charge on any atom is 0.0433 e. The lowest BCUT2D eigenvalue weighted by Gasteiger charge is -2.32. The standard InChI is InChI=1S/C18H38N2O/c1-18(2,3)16-17(9-15-21)8-6-5-7-10-20-13-11-19(4)12-14-20/h17,21H,5-16H2,1-4H3/t17-/m1/s1. The zero-order valence-electron chi connectivity index (χ0n) is 14.9. The van der Waals surface area contributed by atoms with E-state index in [1.165, 1.54) is 64.8 Å². The molecule has 0 aromatic rings. The molecule has 0 aromatic carbocycles. The zero-order valence-corrected chi connectivity index (χ0v) is 14.9. The number of piperazine rings is 1. The molecule has 1 aliphatic rings. The summed E-state index contributed by atoms with van der Waals surface area (Å²) < 4.78 is 0. The van der Waals surface area contributed by atoms with Crippen molar-refractivity contribution >= 4 is 0 Å². The van der Waals surface area contributed by atoms with Crippen LogP contribution in [0.1, 0.15) is 59.3 Å². The fraction of sp³-hybridized carbons (Fsp3) is 1.00. The molecule has 1 atom stereocenters. The Bertz CT molecular complexity index is 254. The topological polar surface area (TPSA) is 26.7 Å². The van der Waals surface area contributed by atoms with E-state index in [0.29, 0.717) is 17.9 Å². The fourth-order valence-corrected chi connectivity index (χ4v) is 3.41. The average molecular weight is 299 g/mol. The summed E-state index contributed by atoms with van der Waals surface area (Å²) >= 11 is 0. The van der Waals surface area contributed by atoms with E-state index in [1.54, 1.807) is 0 Å². The molecule has 0 unspecified atom stereocenters. The molecular formula is C18H38N2O. The van der Waals surface area contributed by atoms with E-state index in [2.05, 4.69) is 37.6 Å². The molecule has 0 saturated carbocycles. The molecule has 21 heavy (non-hydrogen) atoms. The van der Waals surface area contributed by atoms with E-state index in [1.807, 2.05) is 0 Å². The van der Waals surface area contributed by atoms with Gasteiger partial charge in [-0.3, -0.25) is 0 Å². The molecule has 3 heteroatoms. The summed E-state index contributed by atoms with van der Waals surface area (Å²) in [5.41, 5.74) is 0.389. The number of nitrogens with zero attached hydrogens (tertiary/aromatic N) is 2. The molecule has 0 radical (unpaired) electrons. The summed E-state index contributed by atoms with van der Waals surface area (Å²) in [4.78, 5) is 5.03. The number of hydrogen-bond donors (Lipinski definition) is 1. The van der Waals surface area contributed by atoms with Gasteiger partial charge in [0.05, 0.1) is 0 Å². The van der Waals surface area contributed by atoms with Gasteiger partial charge >= 0.3 is 0 Å². The molecule has 0 aromatic heterocycles. The Morgan fingerprint density at radius 3 is 2.19 bits per heavy atom. The van der Waals surface area contributed by atoms with Crippen molar-refractivity contribution in [2.24, 2.45) is 11.3 Å². The van der Waals surface area contributed by atoms with Crippen molar-refractivity contribution in [3.63, 3.8) is 0 Å². The SMILES string of the molecule is CN1CCN(CCCCC[C@H](CCO)CC(C)(C)C)CC1. The van der Waals surface area contributed by atoms with Crippen LogP contribution in [0.4, 0.5) is 0 Å². The number of unbranched alkanes of at least 4 members (excludes halogenated alkanes) is 2. The van der Waals surface area contributed by atoms with E-state index in [9.17, 15) is 5.11 Å².